The number of carboxylic acids is 1. The van der Waals surface area contributed by atoms with E-state index in [9.17, 15) is 14.4 Å². The molecule has 9 heteroatoms. The van der Waals surface area contributed by atoms with Gasteiger partial charge in [-0.25, -0.2) is 18.8 Å². The molecule has 128 valence electrons. The van der Waals surface area contributed by atoms with Crippen molar-refractivity contribution >= 4 is 29.7 Å². The van der Waals surface area contributed by atoms with Gasteiger partial charge in [0.2, 0.25) is 11.9 Å². The number of likely N-dealkylation sites (N-methyl/N-ethyl adjacent to an activating group) is 1. The number of aliphatic carboxylic acids is 1. The van der Waals surface area contributed by atoms with Crippen LogP contribution in [-0.4, -0.2) is 56.8 Å². The fraction of sp³-hybridized carbons (Fsp3) is 0.533. The second kappa shape index (κ2) is 5.43. The number of urea groups is 1. The molecule has 0 aromatic carbocycles. The lowest BCUT2D eigenvalue weighted by Gasteiger charge is -2.32. The van der Waals surface area contributed by atoms with Crippen LogP contribution in [0.25, 0.3) is 0 Å². The highest BCUT2D eigenvalue weighted by atomic mass is 16.4. The summed E-state index contributed by atoms with van der Waals surface area (Å²) in [5.74, 6) is -0.473. The average molecular weight is 334 g/mol. The number of aryl methyl sites for hydroxylation is 1. The van der Waals surface area contributed by atoms with Crippen LogP contribution in [0.1, 0.15) is 25.6 Å². The number of hydrogen-bond acceptors (Lipinski definition) is 4. The van der Waals surface area contributed by atoms with Crippen molar-refractivity contribution in [1.82, 2.24) is 14.4 Å². The van der Waals surface area contributed by atoms with E-state index in [1.165, 1.54) is 11.9 Å². The van der Waals surface area contributed by atoms with Gasteiger partial charge < -0.3 is 5.11 Å². The molecule has 1 N–H and O–H groups in total. The van der Waals surface area contributed by atoms with Crippen LogP contribution in [0.5, 0.6) is 0 Å². The molecule has 1 fully saturated rings. The van der Waals surface area contributed by atoms with Crippen molar-refractivity contribution in [2.45, 2.75) is 33.4 Å². The third kappa shape index (κ3) is 2.27. The van der Waals surface area contributed by atoms with Crippen LogP contribution in [-0.2, 0) is 16.1 Å². The summed E-state index contributed by atoms with van der Waals surface area (Å²) in [6, 6.07) is -1.47. The van der Waals surface area contributed by atoms with Crippen molar-refractivity contribution < 1.29 is 24.1 Å². The molecule has 9 nitrogen and oxygen atoms in total. The number of nitrogens with zero attached hydrogens (tertiary/aromatic N) is 5. The first-order chi connectivity index (χ1) is 11.2. The Hall–Kier alpha value is -2.71. The van der Waals surface area contributed by atoms with Crippen molar-refractivity contribution in [2.24, 2.45) is 10.9 Å². The van der Waals surface area contributed by atoms with Gasteiger partial charge in [0.25, 0.3) is 5.91 Å². The highest BCUT2D eigenvalue weighted by molar-refractivity contribution is 6.19. The van der Waals surface area contributed by atoms with Gasteiger partial charge in [-0.15, -0.1) is 0 Å². The quantitative estimate of drug-likeness (QED) is 0.801. The third-order valence-corrected chi connectivity index (χ3v) is 4.16. The van der Waals surface area contributed by atoms with Gasteiger partial charge in [0.1, 0.15) is 18.4 Å². The van der Waals surface area contributed by atoms with Crippen LogP contribution in [0.2, 0.25) is 0 Å². The lowest BCUT2D eigenvalue weighted by molar-refractivity contribution is -0.677. The third-order valence-electron chi connectivity index (χ3n) is 4.16. The molecule has 24 heavy (non-hydrogen) atoms. The standard InChI is InChI=1S/C15H19N5O4/c1-8(2)5-18-9(3)6-19-11-12(16-14(18)19)17(4)15(24)20(13(11)23)7-10(21)22/h6,8,11H,5,7H2,1-4H3/p+1. The Morgan fingerprint density at radius 1 is 1.42 bits per heavy atom. The first-order valence-corrected chi connectivity index (χ1v) is 7.73. The van der Waals surface area contributed by atoms with Crippen LogP contribution in [0.15, 0.2) is 11.2 Å². The molecule has 1 saturated heterocycles. The van der Waals surface area contributed by atoms with E-state index in [0.29, 0.717) is 17.7 Å². The van der Waals surface area contributed by atoms with Gasteiger partial charge in [-0.1, -0.05) is 18.8 Å². The molecule has 3 heterocycles. The second-order valence-electron chi connectivity index (χ2n) is 6.51. The zero-order valence-electron chi connectivity index (χ0n) is 14.1. The summed E-state index contributed by atoms with van der Waals surface area (Å²) < 4.78 is 3.72. The molecule has 0 saturated carbocycles. The van der Waals surface area contributed by atoms with Crippen molar-refractivity contribution in [3.8, 4) is 0 Å². The summed E-state index contributed by atoms with van der Waals surface area (Å²) in [5.41, 5.74) is 0.957. The van der Waals surface area contributed by atoms with E-state index in [1.54, 1.807) is 4.57 Å². The minimum absolute atomic E-state index is 0.333. The minimum atomic E-state index is -1.23. The number of aromatic nitrogens is 2. The number of hydrogen-bond donors (Lipinski definition) is 1. The Kier molecular flexibility index (Phi) is 3.66. The molecular weight excluding hydrogens is 314 g/mol. The van der Waals surface area contributed by atoms with E-state index in [-0.39, 0.29) is 0 Å². The SMILES string of the molecule is Cc1c[n+]2c(n1CC(C)C)N=C1C2C(=O)N(CC(=O)O)C(=O)N1C. The van der Waals surface area contributed by atoms with Crippen LogP contribution in [0, 0.1) is 12.8 Å². The van der Waals surface area contributed by atoms with Gasteiger partial charge in [0, 0.05) is 7.05 Å². The van der Waals surface area contributed by atoms with E-state index >= 15 is 0 Å². The van der Waals surface area contributed by atoms with E-state index < -0.39 is 30.5 Å². The van der Waals surface area contributed by atoms with Gasteiger partial charge in [-0.05, 0) is 12.8 Å². The van der Waals surface area contributed by atoms with Crippen LogP contribution >= 0.6 is 0 Å². The molecule has 0 bridgehead atoms. The maximum Gasteiger partial charge on any atom is 0.401 e. The number of rotatable bonds is 4. The highest BCUT2D eigenvalue weighted by Gasteiger charge is 2.53. The van der Waals surface area contributed by atoms with E-state index in [2.05, 4.69) is 18.8 Å². The van der Waals surface area contributed by atoms with Crippen LogP contribution < -0.4 is 4.57 Å². The average Bonchev–Trinajstić information content (AvgIpc) is 2.98. The number of carboxylic acid groups (broad SMARTS) is 1. The largest absolute Gasteiger partial charge is 0.480 e. The van der Waals surface area contributed by atoms with Crippen molar-refractivity contribution in [3.63, 3.8) is 0 Å². The fourth-order valence-corrected chi connectivity index (χ4v) is 3.10. The number of fused-ring (bicyclic) bond motifs is 3. The number of carbonyl (C=O) groups excluding carboxylic acids is 2. The number of imide groups is 1. The molecule has 0 spiro atoms. The van der Waals surface area contributed by atoms with Gasteiger partial charge in [0.05, 0.1) is 6.54 Å². The van der Waals surface area contributed by atoms with E-state index in [0.717, 1.165) is 17.1 Å². The van der Waals surface area contributed by atoms with E-state index in [1.807, 2.05) is 17.7 Å². The summed E-state index contributed by atoms with van der Waals surface area (Å²) in [6.45, 7) is 6.18. The Morgan fingerprint density at radius 2 is 2.08 bits per heavy atom. The zero-order valence-corrected chi connectivity index (χ0v) is 14.1. The van der Waals surface area contributed by atoms with Gasteiger partial charge >= 0.3 is 17.9 Å². The number of imidazole rings is 1. The van der Waals surface area contributed by atoms with Crippen LogP contribution in [0.4, 0.5) is 10.7 Å². The second-order valence-corrected chi connectivity index (χ2v) is 6.51. The topological polar surface area (TPSA) is 99.1 Å². The molecule has 2 aliphatic heterocycles. The highest BCUT2D eigenvalue weighted by Crippen LogP contribution is 2.29. The summed E-state index contributed by atoms with van der Waals surface area (Å²) in [4.78, 5) is 42.5. The molecule has 0 radical (unpaired) electrons. The van der Waals surface area contributed by atoms with Gasteiger partial charge in [-0.2, -0.15) is 0 Å². The number of amidine groups is 1. The molecule has 1 atom stereocenters. The van der Waals surface area contributed by atoms with Crippen molar-refractivity contribution in [2.75, 3.05) is 13.6 Å². The van der Waals surface area contributed by atoms with Crippen molar-refractivity contribution in [1.29, 1.82) is 0 Å². The summed E-state index contributed by atoms with van der Waals surface area (Å²) in [5, 5.41) is 8.96. The molecule has 3 amide bonds. The predicted octanol–water partition coefficient (Wildman–Crippen LogP) is 0.303. The van der Waals surface area contributed by atoms with Gasteiger partial charge in [-0.3, -0.25) is 14.5 Å². The molecule has 3 rings (SSSR count). The zero-order chi connectivity index (χ0) is 17.8. The number of aliphatic imine (C=N–C) groups is 1. The molecule has 2 aliphatic rings. The summed E-state index contributed by atoms with van der Waals surface area (Å²) in [7, 11) is 1.50. The summed E-state index contributed by atoms with van der Waals surface area (Å²) in [6.07, 6.45) is 1.82. The van der Waals surface area contributed by atoms with E-state index in [4.69, 9.17) is 5.11 Å². The number of carbonyl (C=O) groups is 3. The fourth-order valence-electron chi connectivity index (χ4n) is 3.10. The first kappa shape index (κ1) is 16.2. The minimum Gasteiger partial charge on any atom is -0.480 e. The Labute approximate surface area is 138 Å². The Bertz CT molecular complexity index is 779. The van der Waals surface area contributed by atoms with Crippen molar-refractivity contribution in [3.05, 3.63) is 11.9 Å². The van der Waals surface area contributed by atoms with Crippen LogP contribution in [0.3, 0.4) is 0 Å². The lowest BCUT2D eigenvalue weighted by atomic mass is 10.1. The molecule has 1 aromatic rings. The smallest absolute Gasteiger partial charge is 0.401 e. The maximum absolute atomic E-state index is 12.7. The first-order valence-electron chi connectivity index (χ1n) is 7.73. The summed E-state index contributed by atoms with van der Waals surface area (Å²) >= 11 is 0. The molecule has 1 aromatic heterocycles. The number of amides is 3. The monoisotopic (exact) mass is 334 g/mol. The Morgan fingerprint density at radius 3 is 2.67 bits per heavy atom. The molecule has 1 unspecified atom stereocenters. The predicted molar refractivity (Wildman–Crippen MR) is 82.8 cm³/mol. The molecule has 0 aliphatic carbocycles. The van der Waals surface area contributed by atoms with Gasteiger partial charge in [0.15, 0.2) is 0 Å². The lowest BCUT2D eigenvalue weighted by Crippen LogP contribution is -2.63. The normalized spacial score (nSPS) is 19.7. The maximum atomic E-state index is 12.7. The Balaban J connectivity index is 2.07. The molecular formula is C15H20N5O4+.